The predicted octanol–water partition coefficient (Wildman–Crippen LogP) is 7.08. The van der Waals surface area contributed by atoms with Gasteiger partial charge >= 0.3 is 0 Å². The van der Waals surface area contributed by atoms with E-state index in [1.54, 1.807) is 0 Å². The maximum atomic E-state index is 6.08. The van der Waals surface area contributed by atoms with Gasteiger partial charge in [0.2, 0.25) is 0 Å². The lowest BCUT2D eigenvalue weighted by atomic mass is 10.0. The summed E-state index contributed by atoms with van der Waals surface area (Å²) >= 11 is 5.74. The number of rotatable bonds is 8. The van der Waals surface area contributed by atoms with E-state index in [2.05, 4.69) is 71.3 Å². The molecule has 0 unspecified atom stereocenters. The molecule has 0 atom stereocenters. The number of hydrogen-bond acceptors (Lipinski definition) is 2. The molecule has 0 bridgehead atoms. The minimum Gasteiger partial charge on any atom is -0.494 e. The van der Waals surface area contributed by atoms with Crippen molar-refractivity contribution in [3.8, 4) is 22.8 Å². The standard InChI is InChI=1S/C28H28ClNO2/c29-17-6-1-7-18-31-22-14-12-21(13-15-22)20-30-26-10-4-2-8-23(26)24-16-19-32-27-11-5-3-9-25(27)28(24)30/h2-5,8-15H,1,6-7,16-20H2. The van der Waals surface area contributed by atoms with Crippen molar-refractivity contribution in [2.45, 2.75) is 32.2 Å². The van der Waals surface area contributed by atoms with Crippen molar-refractivity contribution in [3.05, 3.63) is 83.9 Å². The molecule has 3 aromatic carbocycles. The molecule has 32 heavy (non-hydrogen) atoms. The maximum absolute atomic E-state index is 6.08. The number of halogens is 1. The predicted molar refractivity (Wildman–Crippen MR) is 132 cm³/mol. The zero-order valence-electron chi connectivity index (χ0n) is 18.2. The first kappa shape index (κ1) is 21.0. The van der Waals surface area contributed by atoms with Crippen LogP contribution in [0.5, 0.6) is 11.5 Å². The van der Waals surface area contributed by atoms with Crippen molar-refractivity contribution in [3.63, 3.8) is 0 Å². The molecule has 0 spiro atoms. The third kappa shape index (κ3) is 4.22. The van der Waals surface area contributed by atoms with E-state index in [1.165, 1.54) is 33.3 Å². The van der Waals surface area contributed by atoms with Crippen LogP contribution in [-0.2, 0) is 13.0 Å². The number of para-hydroxylation sites is 2. The van der Waals surface area contributed by atoms with E-state index >= 15 is 0 Å². The Hall–Kier alpha value is -2.91. The fourth-order valence-electron chi connectivity index (χ4n) is 4.59. The van der Waals surface area contributed by atoms with Crippen LogP contribution in [0.2, 0.25) is 0 Å². The van der Waals surface area contributed by atoms with Crippen LogP contribution in [0.4, 0.5) is 0 Å². The SMILES string of the molecule is ClCCCCCOc1ccc(Cn2c3c(c4ccccc42)CCOc2ccccc2-3)cc1. The lowest BCUT2D eigenvalue weighted by Crippen LogP contribution is -2.03. The van der Waals surface area contributed by atoms with Gasteiger partial charge < -0.3 is 14.0 Å². The van der Waals surface area contributed by atoms with Gasteiger partial charge in [0, 0.05) is 35.3 Å². The minimum atomic E-state index is 0.703. The molecule has 0 aliphatic carbocycles. The average Bonchev–Trinajstić information content (AvgIpc) is 3.00. The van der Waals surface area contributed by atoms with Crippen LogP contribution < -0.4 is 9.47 Å². The first-order valence-corrected chi connectivity index (χ1v) is 12.0. The zero-order valence-corrected chi connectivity index (χ0v) is 19.0. The Balaban J connectivity index is 1.45. The highest BCUT2D eigenvalue weighted by Gasteiger charge is 2.23. The number of aromatic nitrogens is 1. The van der Waals surface area contributed by atoms with E-state index in [0.29, 0.717) is 6.61 Å². The lowest BCUT2D eigenvalue weighted by Gasteiger charge is -2.14. The van der Waals surface area contributed by atoms with Crippen LogP contribution in [0.25, 0.3) is 22.2 Å². The van der Waals surface area contributed by atoms with Crippen molar-refractivity contribution in [2.24, 2.45) is 0 Å². The molecule has 4 heteroatoms. The van der Waals surface area contributed by atoms with E-state index in [0.717, 1.165) is 56.2 Å². The molecule has 0 amide bonds. The Morgan fingerprint density at radius 2 is 1.69 bits per heavy atom. The van der Waals surface area contributed by atoms with Crippen molar-refractivity contribution in [2.75, 3.05) is 19.1 Å². The summed E-state index contributed by atoms with van der Waals surface area (Å²) in [6.45, 7) is 2.25. The summed E-state index contributed by atoms with van der Waals surface area (Å²) in [7, 11) is 0. The Bertz CT molecular complexity index is 1200. The summed E-state index contributed by atoms with van der Waals surface area (Å²) in [4.78, 5) is 0. The van der Waals surface area contributed by atoms with E-state index in [-0.39, 0.29) is 0 Å². The molecule has 0 saturated heterocycles. The summed E-state index contributed by atoms with van der Waals surface area (Å²) in [5, 5.41) is 1.32. The topological polar surface area (TPSA) is 23.4 Å². The van der Waals surface area contributed by atoms with Gasteiger partial charge in [0.1, 0.15) is 11.5 Å². The van der Waals surface area contributed by atoms with Gasteiger partial charge in [-0.3, -0.25) is 0 Å². The van der Waals surface area contributed by atoms with Crippen molar-refractivity contribution >= 4 is 22.5 Å². The average molecular weight is 446 g/mol. The van der Waals surface area contributed by atoms with Gasteiger partial charge in [-0.25, -0.2) is 0 Å². The Morgan fingerprint density at radius 3 is 2.56 bits per heavy atom. The number of benzene rings is 3. The highest BCUT2D eigenvalue weighted by Crippen LogP contribution is 2.41. The van der Waals surface area contributed by atoms with E-state index < -0.39 is 0 Å². The highest BCUT2D eigenvalue weighted by molar-refractivity contribution is 6.17. The number of unbranched alkanes of at least 4 members (excludes halogenated alkanes) is 2. The van der Waals surface area contributed by atoms with Crippen LogP contribution in [0.15, 0.2) is 72.8 Å². The molecular weight excluding hydrogens is 418 g/mol. The lowest BCUT2D eigenvalue weighted by molar-refractivity contribution is 0.306. The maximum Gasteiger partial charge on any atom is 0.128 e. The van der Waals surface area contributed by atoms with Crippen molar-refractivity contribution in [1.29, 1.82) is 0 Å². The van der Waals surface area contributed by atoms with Gasteiger partial charge in [0.25, 0.3) is 0 Å². The molecule has 5 rings (SSSR count). The van der Waals surface area contributed by atoms with Crippen LogP contribution in [0.1, 0.15) is 30.4 Å². The summed E-state index contributed by atoms with van der Waals surface area (Å²) in [5.41, 5.74) is 6.36. The molecule has 1 aromatic heterocycles. The van der Waals surface area contributed by atoms with Gasteiger partial charge in [-0.05, 0) is 60.7 Å². The summed E-state index contributed by atoms with van der Waals surface area (Å²) < 4.78 is 14.4. The Labute approximate surface area is 194 Å². The molecular formula is C28H28ClNO2. The summed E-state index contributed by atoms with van der Waals surface area (Å²) in [6, 6.07) is 25.6. The molecule has 0 saturated carbocycles. The van der Waals surface area contributed by atoms with Gasteiger partial charge in [0.05, 0.1) is 18.9 Å². The number of ether oxygens (including phenoxy) is 2. The Morgan fingerprint density at radius 1 is 0.875 bits per heavy atom. The first-order valence-electron chi connectivity index (χ1n) is 11.4. The monoisotopic (exact) mass is 445 g/mol. The van der Waals surface area contributed by atoms with Gasteiger partial charge in [-0.2, -0.15) is 0 Å². The van der Waals surface area contributed by atoms with Crippen LogP contribution >= 0.6 is 11.6 Å². The normalized spacial score (nSPS) is 12.7. The molecule has 0 radical (unpaired) electrons. The van der Waals surface area contributed by atoms with Crippen molar-refractivity contribution < 1.29 is 9.47 Å². The molecule has 4 aromatic rings. The zero-order chi connectivity index (χ0) is 21.8. The van der Waals surface area contributed by atoms with Crippen LogP contribution in [0.3, 0.4) is 0 Å². The number of nitrogens with zero attached hydrogens (tertiary/aromatic N) is 1. The molecule has 0 fully saturated rings. The Kier molecular flexibility index (Phi) is 6.36. The fourth-order valence-corrected chi connectivity index (χ4v) is 4.78. The molecule has 3 nitrogen and oxygen atoms in total. The highest BCUT2D eigenvalue weighted by atomic mass is 35.5. The van der Waals surface area contributed by atoms with E-state index in [1.807, 2.05) is 6.07 Å². The third-order valence-electron chi connectivity index (χ3n) is 6.14. The molecule has 1 aliphatic rings. The number of hydrogen-bond donors (Lipinski definition) is 0. The number of alkyl halides is 1. The number of fused-ring (bicyclic) bond motifs is 5. The minimum absolute atomic E-state index is 0.703. The first-order chi connectivity index (χ1) is 15.8. The molecule has 2 heterocycles. The second kappa shape index (κ2) is 9.70. The second-order valence-electron chi connectivity index (χ2n) is 8.27. The molecule has 164 valence electrons. The third-order valence-corrected chi connectivity index (χ3v) is 6.41. The van der Waals surface area contributed by atoms with Crippen LogP contribution in [-0.4, -0.2) is 23.7 Å². The summed E-state index contributed by atoms with van der Waals surface area (Å²) in [6.07, 6.45) is 4.11. The van der Waals surface area contributed by atoms with Gasteiger partial charge in [-0.1, -0.05) is 42.5 Å². The van der Waals surface area contributed by atoms with Gasteiger partial charge in [-0.15, -0.1) is 11.6 Å². The fraction of sp³-hybridized carbons (Fsp3) is 0.286. The molecule has 1 aliphatic heterocycles. The van der Waals surface area contributed by atoms with Crippen molar-refractivity contribution in [1.82, 2.24) is 4.57 Å². The molecule has 0 N–H and O–H groups in total. The van der Waals surface area contributed by atoms with E-state index in [9.17, 15) is 0 Å². The van der Waals surface area contributed by atoms with Crippen LogP contribution in [0, 0.1) is 0 Å². The largest absolute Gasteiger partial charge is 0.494 e. The van der Waals surface area contributed by atoms with E-state index in [4.69, 9.17) is 21.1 Å². The smallest absolute Gasteiger partial charge is 0.128 e. The second-order valence-corrected chi connectivity index (χ2v) is 8.65. The van der Waals surface area contributed by atoms with Gasteiger partial charge in [0.15, 0.2) is 0 Å². The quantitative estimate of drug-likeness (QED) is 0.213. The summed E-state index contributed by atoms with van der Waals surface area (Å²) in [5.74, 6) is 2.62.